The Kier molecular flexibility index (Phi) is 11.8. The number of aliphatic hydroxyl groups is 2. The van der Waals surface area contributed by atoms with Crippen molar-refractivity contribution in [3.63, 3.8) is 0 Å². The van der Waals surface area contributed by atoms with Crippen molar-refractivity contribution < 1.29 is 34.9 Å². The fourth-order valence-electron chi connectivity index (χ4n) is 3.83. The summed E-state index contributed by atoms with van der Waals surface area (Å²) in [6, 6.07) is 0. The van der Waals surface area contributed by atoms with Gasteiger partial charge in [0, 0.05) is 31.3 Å². The van der Waals surface area contributed by atoms with E-state index >= 15 is 0 Å². The van der Waals surface area contributed by atoms with Crippen molar-refractivity contribution in [2.75, 3.05) is 14.2 Å². The van der Waals surface area contributed by atoms with E-state index in [1.54, 1.807) is 28.0 Å². The molecule has 0 amide bonds. The van der Waals surface area contributed by atoms with Gasteiger partial charge in [0.15, 0.2) is 0 Å². The van der Waals surface area contributed by atoms with Gasteiger partial charge in [0.05, 0.1) is 17.1 Å². The zero-order valence-corrected chi connectivity index (χ0v) is 22.7. The van der Waals surface area contributed by atoms with Gasteiger partial charge < -0.3 is 10.2 Å². The van der Waals surface area contributed by atoms with Crippen molar-refractivity contribution in [2.45, 2.75) is 48.0 Å². The Morgan fingerprint density at radius 1 is 0.719 bits per heavy atom. The van der Waals surface area contributed by atoms with Crippen LogP contribution in [0.2, 0.25) is 0 Å². The number of H-pyrrole nitrogens is 3. The first kappa shape index (κ1) is 28.0. The van der Waals surface area contributed by atoms with E-state index in [2.05, 4.69) is 69.6 Å². The van der Waals surface area contributed by atoms with E-state index in [1.807, 2.05) is 20.8 Å². The SMILES string of the molecule is CO.CO.Cc1n[nH]c(C)c1B(c1c(C)n[nH]c1C)c1c(C)n[nH]c1C.[Zr][C]1=CC=CC1. The first-order chi connectivity index (χ1) is 15.3. The average molecular weight is 517 g/mol. The van der Waals surface area contributed by atoms with Crippen molar-refractivity contribution in [1.82, 2.24) is 30.6 Å². The molecule has 171 valence electrons. The molecule has 3 aromatic rings. The van der Waals surface area contributed by atoms with Crippen LogP contribution in [-0.2, 0) is 24.7 Å². The van der Waals surface area contributed by atoms with Crippen LogP contribution in [0.3, 0.4) is 0 Å². The molecule has 32 heavy (non-hydrogen) atoms. The van der Waals surface area contributed by atoms with Crippen LogP contribution in [0.15, 0.2) is 21.5 Å². The van der Waals surface area contributed by atoms with Crippen molar-refractivity contribution >= 4 is 23.1 Å². The topological polar surface area (TPSA) is 126 Å². The maximum atomic E-state index is 7.00. The Hall–Kier alpha value is -2.02. The van der Waals surface area contributed by atoms with Gasteiger partial charge in [-0.25, -0.2) is 0 Å². The zero-order chi connectivity index (χ0) is 24.4. The molecular weight excluding hydrogens is 482 g/mol. The van der Waals surface area contributed by atoms with Crippen LogP contribution in [0.25, 0.3) is 0 Å². The van der Waals surface area contributed by atoms with Crippen LogP contribution >= 0.6 is 0 Å². The molecule has 0 fully saturated rings. The number of aliphatic hydroxyl groups excluding tert-OH is 2. The molecule has 3 aromatic heterocycles. The van der Waals surface area contributed by atoms with Gasteiger partial charge in [-0.1, -0.05) is 0 Å². The molecule has 0 saturated carbocycles. The second-order valence-corrected chi connectivity index (χ2v) is 8.88. The van der Waals surface area contributed by atoms with E-state index in [4.69, 9.17) is 10.2 Å². The van der Waals surface area contributed by atoms with E-state index in [0.29, 0.717) is 0 Å². The summed E-state index contributed by atoms with van der Waals surface area (Å²) >= 11 is 1.56. The fourth-order valence-corrected chi connectivity index (χ4v) is 4.36. The molecule has 8 nitrogen and oxygen atoms in total. The molecule has 4 rings (SSSR count). The van der Waals surface area contributed by atoms with Gasteiger partial charge in [-0.05, 0) is 57.9 Å². The quantitative estimate of drug-likeness (QED) is 0.330. The molecule has 0 atom stereocenters. The van der Waals surface area contributed by atoms with Gasteiger partial charge in [0.2, 0.25) is 0 Å². The number of hydrogen-bond acceptors (Lipinski definition) is 5. The number of nitrogens with one attached hydrogen (secondary N) is 3. The summed E-state index contributed by atoms with van der Waals surface area (Å²) in [5, 5.41) is 36.5. The number of rotatable bonds is 3. The molecule has 1 aliphatic carbocycles. The Labute approximate surface area is 205 Å². The second kappa shape index (κ2) is 13.5. The van der Waals surface area contributed by atoms with Crippen LogP contribution < -0.4 is 16.4 Å². The van der Waals surface area contributed by atoms with Gasteiger partial charge >= 0.3 is 52.6 Å². The average Bonchev–Trinajstić information content (AvgIpc) is 3.55. The Morgan fingerprint density at radius 3 is 1.22 bits per heavy atom. The molecule has 0 aromatic carbocycles. The van der Waals surface area contributed by atoms with Crippen LogP contribution in [0.1, 0.15) is 40.6 Å². The number of aromatic nitrogens is 6. The third-order valence-electron chi connectivity index (χ3n) is 5.19. The standard InChI is InChI=1S/C15H21BN6.C5H5.2CH4O.Zr/c1-7-13(8(2)18-17-7)16(14-9(3)19-20-10(14)4)15-11(5)21-22-12(15)6;1-2-4-5-3-1;2*1-2;/h1-6H3,(H,17,18)(H,19,20)(H,21,22);1-3H,4H2;2*2H,1H3;. The Balaban J connectivity index is 0.000000432. The summed E-state index contributed by atoms with van der Waals surface area (Å²) in [6.07, 6.45) is 7.69. The van der Waals surface area contributed by atoms with E-state index in [0.717, 1.165) is 48.4 Å². The normalized spacial score (nSPS) is 11.5. The number of aryl methyl sites for hydroxylation is 6. The maximum absolute atomic E-state index is 7.00. The van der Waals surface area contributed by atoms with E-state index in [-0.39, 0.29) is 6.71 Å². The van der Waals surface area contributed by atoms with E-state index in [9.17, 15) is 0 Å². The number of aromatic amines is 3. The van der Waals surface area contributed by atoms with Crippen LogP contribution in [-0.4, -0.2) is 61.7 Å². The second-order valence-electron chi connectivity index (χ2n) is 7.30. The predicted molar refractivity (Wildman–Crippen MR) is 127 cm³/mol. The van der Waals surface area contributed by atoms with Crippen molar-refractivity contribution in [3.8, 4) is 0 Å². The Morgan fingerprint density at radius 2 is 1.06 bits per heavy atom. The third kappa shape index (κ3) is 6.50. The fraction of sp³-hybridized carbons (Fsp3) is 0.409. The number of nitrogens with zero attached hydrogens (tertiary/aromatic N) is 3. The Bertz CT molecular complexity index is 883. The summed E-state index contributed by atoms with van der Waals surface area (Å²) < 4.78 is 1.56. The first-order valence-electron chi connectivity index (χ1n) is 10.3. The van der Waals surface area contributed by atoms with Gasteiger partial charge in [-0.15, -0.1) is 0 Å². The van der Waals surface area contributed by atoms with Crippen LogP contribution in [0.5, 0.6) is 0 Å². The van der Waals surface area contributed by atoms with Gasteiger partial charge in [-0.2, -0.15) is 15.3 Å². The monoisotopic (exact) mass is 515 g/mol. The third-order valence-corrected chi connectivity index (χ3v) is 6.10. The predicted octanol–water partition coefficient (Wildman–Crippen LogP) is 0.817. The molecule has 0 aliphatic heterocycles. The van der Waals surface area contributed by atoms with E-state index in [1.165, 1.54) is 22.8 Å². The molecule has 0 spiro atoms. The zero-order valence-electron chi connectivity index (χ0n) is 20.3. The summed E-state index contributed by atoms with van der Waals surface area (Å²) in [5.41, 5.74) is 9.93. The minimum absolute atomic E-state index is 0.0799. The first-order valence-corrected chi connectivity index (χ1v) is 11.5. The summed E-state index contributed by atoms with van der Waals surface area (Å²) in [4.78, 5) is 0. The number of allylic oxidation sites excluding steroid dienone is 4. The summed E-state index contributed by atoms with van der Waals surface area (Å²) in [5.74, 6) is 0. The number of hydrogen-bond donors (Lipinski definition) is 5. The minimum atomic E-state index is 0.0799. The molecule has 1 aliphatic rings. The summed E-state index contributed by atoms with van der Waals surface area (Å²) in [6.45, 7) is 12.4. The molecule has 10 heteroatoms. The van der Waals surface area contributed by atoms with Crippen LogP contribution in [0, 0.1) is 41.5 Å². The molecule has 3 heterocycles. The van der Waals surface area contributed by atoms with Crippen molar-refractivity contribution in [1.29, 1.82) is 0 Å². The summed E-state index contributed by atoms with van der Waals surface area (Å²) in [7, 11) is 2.00. The van der Waals surface area contributed by atoms with Crippen molar-refractivity contribution in [2.24, 2.45) is 0 Å². The van der Waals surface area contributed by atoms with Gasteiger partial charge in [0.1, 0.15) is 0 Å². The molecular formula is C22H34BN6O2Zr. The molecule has 0 radical (unpaired) electrons. The molecule has 0 bridgehead atoms. The van der Waals surface area contributed by atoms with Crippen molar-refractivity contribution in [3.05, 3.63) is 55.7 Å². The van der Waals surface area contributed by atoms with E-state index < -0.39 is 0 Å². The van der Waals surface area contributed by atoms with Crippen LogP contribution in [0.4, 0.5) is 0 Å². The van der Waals surface area contributed by atoms with Gasteiger partial charge in [0.25, 0.3) is 6.71 Å². The molecule has 5 N–H and O–H groups in total. The molecule has 0 saturated heterocycles. The van der Waals surface area contributed by atoms with Gasteiger partial charge in [-0.3, -0.25) is 15.3 Å². The molecule has 0 unspecified atom stereocenters.